The molecule has 0 saturated carbocycles. The summed E-state index contributed by atoms with van der Waals surface area (Å²) >= 11 is 0. The second-order valence-corrected chi connectivity index (χ2v) is 5.84. The molecule has 0 aromatic rings. The molecule has 0 radical (unpaired) electrons. The lowest BCUT2D eigenvalue weighted by Crippen LogP contribution is -2.46. The van der Waals surface area contributed by atoms with Crippen LogP contribution in [0.1, 0.15) is 33.6 Å². The van der Waals surface area contributed by atoms with Crippen molar-refractivity contribution < 1.29 is 14.3 Å². The van der Waals surface area contributed by atoms with Gasteiger partial charge in [0, 0.05) is 13.2 Å². The molecule has 3 atom stereocenters. The first-order valence-corrected chi connectivity index (χ1v) is 6.25. The minimum atomic E-state index is -0.464. The molecular weight excluding hydrogens is 220 g/mol. The molecule has 2 aliphatic rings. The van der Waals surface area contributed by atoms with Gasteiger partial charge < -0.3 is 20.1 Å². The molecule has 0 bridgehead atoms. The zero-order chi connectivity index (χ0) is 12.6. The molecule has 0 aromatic heterocycles. The van der Waals surface area contributed by atoms with Crippen LogP contribution in [-0.2, 0) is 9.47 Å². The van der Waals surface area contributed by atoms with Gasteiger partial charge in [0.25, 0.3) is 0 Å². The van der Waals surface area contributed by atoms with Crippen molar-refractivity contribution in [2.24, 2.45) is 5.73 Å². The Morgan fingerprint density at radius 1 is 1.47 bits per heavy atom. The minimum Gasteiger partial charge on any atom is -0.444 e. The number of nitrogens with two attached hydrogens (primary N) is 1. The normalized spacial score (nSPS) is 33.4. The number of amides is 1. The van der Waals surface area contributed by atoms with Crippen LogP contribution in [0.2, 0.25) is 0 Å². The Morgan fingerprint density at radius 3 is 2.82 bits per heavy atom. The maximum absolute atomic E-state index is 12.1. The number of rotatable bonds is 0. The maximum Gasteiger partial charge on any atom is 0.410 e. The topological polar surface area (TPSA) is 64.8 Å². The molecule has 2 saturated heterocycles. The van der Waals surface area contributed by atoms with Gasteiger partial charge in [0.2, 0.25) is 0 Å². The average Bonchev–Trinajstić information content (AvgIpc) is 2.55. The third-order valence-electron chi connectivity index (χ3n) is 3.19. The lowest BCUT2D eigenvalue weighted by molar-refractivity contribution is -0.0264. The molecule has 5 heteroatoms. The Kier molecular flexibility index (Phi) is 3.32. The lowest BCUT2D eigenvalue weighted by atomic mass is 10.0. The van der Waals surface area contributed by atoms with Crippen molar-refractivity contribution in [1.82, 2.24) is 4.90 Å². The van der Waals surface area contributed by atoms with E-state index < -0.39 is 5.60 Å². The third kappa shape index (κ3) is 2.72. The molecule has 2 heterocycles. The summed E-state index contributed by atoms with van der Waals surface area (Å²) in [5.41, 5.74) is 5.54. The molecular formula is C12H22N2O3. The molecule has 0 aromatic carbocycles. The molecule has 2 N–H and O–H groups in total. The first-order chi connectivity index (χ1) is 7.88. The number of hydrogen-bond donors (Lipinski definition) is 1. The highest BCUT2D eigenvalue weighted by Gasteiger charge is 2.45. The van der Waals surface area contributed by atoms with Gasteiger partial charge in [0.15, 0.2) is 0 Å². The van der Waals surface area contributed by atoms with E-state index in [0.29, 0.717) is 6.54 Å². The molecule has 0 spiro atoms. The van der Waals surface area contributed by atoms with Crippen LogP contribution in [0.15, 0.2) is 0 Å². The van der Waals surface area contributed by atoms with E-state index in [0.717, 1.165) is 19.4 Å². The highest BCUT2D eigenvalue weighted by Crippen LogP contribution is 2.29. The molecule has 2 fully saturated rings. The fourth-order valence-corrected chi connectivity index (χ4v) is 2.53. The highest BCUT2D eigenvalue weighted by molar-refractivity contribution is 5.69. The van der Waals surface area contributed by atoms with Gasteiger partial charge in [-0.15, -0.1) is 0 Å². The first kappa shape index (κ1) is 12.6. The van der Waals surface area contributed by atoms with Crippen molar-refractivity contribution in [2.45, 2.75) is 57.4 Å². The van der Waals surface area contributed by atoms with Gasteiger partial charge in [-0.3, -0.25) is 0 Å². The van der Waals surface area contributed by atoms with Gasteiger partial charge in [0.1, 0.15) is 5.60 Å². The van der Waals surface area contributed by atoms with Crippen molar-refractivity contribution in [1.29, 1.82) is 0 Å². The summed E-state index contributed by atoms with van der Waals surface area (Å²) < 4.78 is 11.0. The Morgan fingerprint density at radius 2 is 2.18 bits per heavy atom. The monoisotopic (exact) mass is 242 g/mol. The van der Waals surface area contributed by atoms with Crippen molar-refractivity contribution in [3.8, 4) is 0 Å². The van der Waals surface area contributed by atoms with Crippen LogP contribution in [0, 0.1) is 0 Å². The van der Waals surface area contributed by atoms with Gasteiger partial charge in [0.05, 0.1) is 18.2 Å². The van der Waals surface area contributed by atoms with E-state index in [9.17, 15) is 4.79 Å². The van der Waals surface area contributed by atoms with Crippen LogP contribution < -0.4 is 5.73 Å². The van der Waals surface area contributed by atoms with Crippen LogP contribution in [0.4, 0.5) is 4.79 Å². The number of nitrogens with zero attached hydrogens (tertiary/aromatic N) is 1. The number of likely N-dealkylation sites (tertiary alicyclic amines) is 1. The van der Waals surface area contributed by atoms with E-state index in [4.69, 9.17) is 15.2 Å². The SMILES string of the molecule is CC(C)(C)OC(=O)N1CC(N)C2OCCCC21. The van der Waals surface area contributed by atoms with Crippen molar-refractivity contribution in [3.05, 3.63) is 0 Å². The summed E-state index contributed by atoms with van der Waals surface area (Å²) in [6.45, 7) is 6.89. The van der Waals surface area contributed by atoms with Crippen LogP contribution >= 0.6 is 0 Å². The maximum atomic E-state index is 12.1. The molecule has 1 amide bonds. The van der Waals surface area contributed by atoms with Crippen LogP contribution in [-0.4, -0.2) is 47.9 Å². The summed E-state index contributed by atoms with van der Waals surface area (Å²) in [7, 11) is 0. The van der Waals surface area contributed by atoms with Crippen molar-refractivity contribution >= 4 is 6.09 Å². The molecule has 98 valence electrons. The van der Waals surface area contributed by atoms with Crippen molar-refractivity contribution in [2.75, 3.05) is 13.2 Å². The lowest BCUT2D eigenvalue weighted by Gasteiger charge is -2.33. The average molecular weight is 242 g/mol. The van der Waals surface area contributed by atoms with Gasteiger partial charge in [-0.2, -0.15) is 0 Å². The van der Waals surface area contributed by atoms with E-state index in [1.807, 2.05) is 20.8 Å². The van der Waals surface area contributed by atoms with Crippen molar-refractivity contribution in [3.63, 3.8) is 0 Å². The van der Waals surface area contributed by atoms with Crippen LogP contribution in [0.25, 0.3) is 0 Å². The Balaban J connectivity index is 2.04. The van der Waals surface area contributed by atoms with Crippen LogP contribution in [0.3, 0.4) is 0 Å². The molecule has 2 aliphatic heterocycles. The molecule has 2 rings (SSSR count). The van der Waals surface area contributed by atoms with Gasteiger partial charge >= 0.3 is 6.09 Å². The van der Waals surface area contributed by atoms with E-state index in [2.05, 4.69) is 0 Å². The Hall–Kier alpha value is -0.810. The molecule has 3 unspecified atom stereocenters. The summed E-state index contributed by atoms with van der Waals surface area (Å²) in [4.78, 5) is 13.8. The third-order valence-corrected chi connectivity index (χ3v) is 3.19. The van der Waals surface area contributed by atoms with Gasteiger partial charge in [-0.05, 0) is 33.6 Å². The summed E-state index contributed by atoms with van der Waals surface area (Å²) in [6.07, 6.45) is 1.65. The molecule has 17 heavy (non-hydrogen) atoms. The van der Waals surface area contributed by atoms with E-state index in [1.165, 1.54) is 0 Å². The highest BCUT2D eigenvalue weighted by atomic mass is 16.6. The zero-order valence-electron chi connectivity index (χ0n) is 10.8. The fourth-order valence-electron chi connectivity index (χ4n) is 2.53. The number of fused-ring (bicyclic) bond motifs is 1. The number of hydrogen-bond acceptors (Lipinski definition) is 4. The summed E-state index contributed by atoms with van der Waals surface area (Å²) in [5, 5.41) is 0. The van der Waals surface area contributed by atoms with Crippen LogP contribution in [0.5, 0.6) is 0 Å². The standard InChI is InChI=1S/C12H22N2O3/c1-12(2,3)17-11(15)14-7-8(13)10-9(14)5-4-6-16-10/h8-10H,4-7,13H2,1-3H3. The Labute approximate surface area is 102 Å². The predicted molar refractivity (Wildman–Crippen MR) is 63.7 cm³/mol. The minimum absolute atomic E-state index is 0.0173. The first-order valence-electron chi connectivity index (χ1n) is 6.25. The van der Waals surface area contributed by atoms with Gasteiger partial charge in [-0.1, -0.05) is 0 Å². The zero-order valence-corrected chi connectivity index (χ0v) is 10.8. The molecule has 0 aliphatic carbocycles. The van der Waals surface area contributed by atoms with E-state index >= 15 is 0 Å². The number of carbonyl (C=O) groups is 1. The Bertz CT molecular complexity index is 301. The quantitative estimate of drug-likeness (QED) is 0.691. The fraction of sp³-hybridized carbons (Fsp3) is 0.917. The largest absolute Gasteiger partial charge is 0.444 e. The number of carbonyl (C=O) groups excluding carboxylic acids is 1. The van der Waals surface area contributed by atoms with E-state index in [-0.39, 0.29) is 24.3 Å². The van der Waals surface area contributed by atoms with E-state index in [1.54, 1.807) is 4.90 Å². The second-order valence-electron chi connectivity index (χ2n) is 5.84. The van der Waals surface area contributed by atoms with Gasteiger partial charge in [-0.25, -0.2) is 4.79 Å². The smallest absolute Gasteiger partial charge is 0.410 e. The summed E-state index contributed by atoms with van der Waals surface area (Å²) in [5.74, 6) is 0. The molecule has 5 nitrogen and oxygen atoms in total. The predicted octanol–water partition coefficient (Wildman–Crippen LogP) is 1.11. The summed E-state index contributed by atoms with van der Waals surface area (Å²) in [6, 6.07) is 0.00131. The number of ether oxygens (including phenoxy) is 2. The second kappa shape index (κ2) is 4.46.